The van der Waals surface area contributed by atoms with Gasteiger partial charge in [-0.3, -0.25) is 4.79 Å². The second-order valence-electron chi connectivity index (χ2n) is 5.59. The summed E-state index contributed by atoms with van der Waals surface area (Å²) in [6.45, 7) is 4.83. The third-order valence-electron chi connectivity index (χ3n) is 3.68. The van der Waals surface area contributed by atoms with Crippen LogP contribution < -0.4 is 5.32 Å². The van der Waals surface area contributed by atoms with Crippen molar-refractivity contribution in [3.63, 3.8) is 0 Å². The molecule has 2 rings (SSSR count). The molecule has 1 saturated heterocycles. The number of amides is 1. The molecule has 1 unspecified atom stereocenters. The zero-order valence-corrected chi connectivity index (χ0v) is 12.1. The lowest BCUT2D eigenvalue weighted by Gasteiger charge is -2.30. The Morgan fingerprint density at radius 2 is 1.95 bits per heavy atom. The normalized spacial score (nSPS) is 18.3. The van der Waals surface area contributed by atoms with Gasteiger partial charge >= 0.3 is 0 Å². The fourth-order valence-corrected chi connectivity index (χ4v) is 2.57. The van der Waals surface area contributed by atoms with Gasteiger partial charge in [-0.25, -0.2) is 13.2 Å². The molecule has 1 heterocycles. The molecule has 0 radical (unpaired) electrons. The Hall–Kier alpha value is -1.56. The van der Waals surface area contributed by atoms with Gasteiger partial charge in [0.1, 0.15) is 23.0 Å². The first-order valence-corrected chi connectivity index (χ1v) is 7.09. The summed E-state index contributed by atoms with van der Waals surface area (Å²) in [5.41, 5.74) is -0.692. The Labute approximate surface area is 122 Å². The van der Waals surface area contributed by atoms with E-state index in [4.69, 9.17) is 0 Å². The largest absolute Gasteiger partial charge is 0.334 e. The number of halogens is 3. The molecule has 6 heteroatoms. The van der Waals surface area contributed by atoms with Crippen LogP contribution in [0.3, 0.4) is 0 Å². The SMILES string of the molecule is CC(C)N(CC1CCCN1)C(=O)c1c(F)cc(F)cc1F. The maximum atomic E-state index is 13.8. The van der Waals surface area contributed by atoms with Crippen LogP contribution in [0.15, 0.2) is 12.1 Å². The summed E-state index contributed by atoms with van der Waals surface area (Å²) in [6.07, 6.45) is 1.94. The first-order valence-electron chi connectivity index (χ1n) is 7.09. The molecule has 1 atom stereocenters. The van der Waals surface area contributed by atoms with E-state index in [0.29, 0.717) is 18.7 Å². The minimum absolute atomic E-state index is 0.128. The Kier molecular flexibility index (Phi) is 4.88. The summed E-state index contributed by atoms with van der Waals surface area (Å²) in [7, 11) is 0. The summed E-state index contributed by atoms with van der Waals surface area (Å²) in [5.74, 6) is -4.10. The average Bonchev–Trinajstić information content (AvgIpc) is 2.86. The molecule has 0 spiro atoms. The smallest absolute Gasteiger partial charge is 0.260 e. The van der Waals surface area contributed by atoms with Crippen molar-refractivity contribution < 1.29 is 18.0 Å². The molecule has 0 bridgehead atoms. The predicted molar refractivity (Wildman–Crippen MR) is 73.5 cm³/mol. The van der Waals surface area contributed by atoms with Crippen molar-refractivity contribution in [2.24, 2.45) is 0 Å². The van der Waals surface area contributed by atoms with Crippen molar-refractivity contribution in [1.82, 2.24) is 10.2 Å². The predicted octanol–water partition coefficient (Wildman–Crippen LogP) is 2.71. The monoisotopic (exact) mass is 300 g/mol. The van der Waals surface area contributed by atoms with Crippen LogP contribution >= 0.6 is 0 Å². The van der Waals surface area contributed by atoms with Crippen LogP contribution in [0.5, 0.6) is 0 Å². The fraction of sp³-hybridized carbons (Fsp3) is 0.533. The summed E-state index contributed by atoms with van der Waals surface area (Å²) in [4.78, 5) is 13.8. The van der Waals surface area contributed by atoms with Gasteiger partial charge in [0.05, 0.1) is 0 Å². The van der Waals surface area contributed by atoms with Crippen molar-refractivity contribution in [3.05, 3.63) is 35.1 Å². The van der Waals surface area contributed by atoms with E-state index in [9.17, 15) is 18.0 Å². The van der Waals surface area contributed by atoms with Gasteiger partial charge in [0.25, 0.3) is 5.91 Å². The molecule has 1 aliphatic rings. The number of carbonyl (C=O) groups is 1. The van der Waals surface area contributed by atoms with Crippen LogP contribution in [0.1, 0.15) is 37.0 Å². The van der Waals surface area contributed by atoms with Crippen molar-refractivity contribution in [1.29, 1.82) is 0 Å². The maximum Gasteiger partial charge on any atom is 0.260 e. The van der Waals surface area contributed by atoms with E-state index in [-0.39, 0.29) is 12.1 Å². The van der Waals surface area contributed by atoms with Crippen molar-refractivity contribution in [2.75, 3.05) is 13.1 Å². The first-order chi connectivity index (χ1) is 9.90. The Balaban J connectivity index is 2.26. The number of nitrogens with one attached hydrogen (secondary N) is 1. The molecule has 1 amide bonds. The molecule has 0 saturated carbocycles. The first kappa shape index (κ1) is 15.8. The quantitative estimate of drug-likeness (QED) is 0.927. The number of rotatable bonds is 4. The van der Waals surface area contributed by atoms with Gasteiger partial charge in [0.15, 0.2) is 0 Å². The molecule has 0 aromatic heterocycles. The van der Waals surface area contributed by atoms with Crippen molar-refractivity contribution >= 4 is 5.91 Å². The van der Waals surface area contributed by atoms with Crippen molar-refractivity contribution in [3.8, 4) is 0 Å². The third-order valence-corrected chi connectivity index (χ3v) is 3.68. The molecule has 1 aromatic carbocycles. The molecule has 0 aliphatic carbocycles. The third kappa shape index (κ3) is 3.56. The van der Waals surface area contributed by atoms with E-state index in [0.717, 1.165) is 19.4 Å². The Morgan fingerprint density at radius 3 is 2.43 bits per heavy atom. The molecular formula is C15H19F3N2O. The van der Waals surface area contributed by atoms with Gasteiger partial charge in [-0.2, -0.15) is 0 Å². The highest BCUT2D eigenvalue weighted by molar-refractivity contribution is 5.95. The lowest BCUT2D eigenvalue weighted by molar-refractivity contribution is 0.0679. The highest BCUT2D eigenvalue weighted by atomic mass is 19.1. The molecule has 1 aromatic rings. The molecule has 116 valence electrons. The van der Waals surface area contributed by atoms with Gasteiger partial charge in [-0.1, -0.05) is 0 Å². The zero-order valence-electron chi connectivity index (χ0n) is 12.1. The van der Waals surface area contributed by atoms with E-state index in [1.165, 1.54) is 4.90 Å². The zero-order chi connectivity index (χ0) is 15.6. The summed E-state index contributed by atoms with van der Waals surface area (Å²) < 4.78 is 40.5. The molecule has 1 N–H and O–H groups in total. The number of nitrogens with zero attached hydrogens (tertiary/aromatic N) is 1. The van der Waals surface area contributed by atoms with Gasteiger partial charge in [0, 0.05) is 30.8 Å². The van der Waals surface area contributed by atoms with Crippen molar-refractivity contribution in [2.45, 2.75) is 38.8 Å². The number of benzene rings is 1. The lowest BCUT2D eigenvalue weighted by Crippen LogP contribution is -2.45. The minimum atomic E-state index is -1.16. The number of hydrogen-bond acceptors (Lipinski definition) is 2. The van der Waals surface area contributed by atoms with Crippen LogP contribution in [0.4, 0.5) is 13.2 Å². The fourth-order valence-electron chi connectivity index (χ4n) is 2.57. The molecule has 3 nitrogen and oxygen atoms in total. The van der Waals surface area contributed by atoms with E-state index in [1.807, 2.05) is 0 Å². The Morgan fingerprint density at radius 1 is 1.33 bits per heavy atom. The van der Waals surface area contributed by atoms with E-state index in [1.54, 1.807) is 13.8 Å². The van der Waals surface area contributed by atoms with Crippen LogP contribution in [0, 0.1) is 17.5 Å². The highest BCUT2D eigenvalue weighted by Gasteiger charge is 2.28. The maximum absolute atomic E-state index is 13.8. The Bertz CT molecular complexity index is 505. The molecule has 1 fully saturated rings. The molecular weight excluding hydrogens is 281 g/mol. The highest BCUT2D eigenvalue weighted by Crippen LogP contribution is 2.19. The van der Waals surface area contributed by atoms with Gasteiger partial charge < -0.3 is 10.2 Å². The van der Waals surface area contributed by atoms with Gasteiger partial charge in [-0.15, -0.1) is 0 Å². The second kappa shape index (κ2) is 6.47. The van der Waals surface area contributed by atoms with E-state index in [2.05, 4.69) is 5.32 Å². The number of carbonyl (C=O) groups excluding carboxylic acids is 1. The molecule has 1 aliphatic heterocycles. The minimum Gasteiger partial charge on any atom is -0.334 e. The number of hydrogen-bond donors (Lipinski definition) is 1. The van der Waals surface area contributed by atoms with Gasteiger partial charge in [-0.05, 0) is 33.2 Å². The van der Waals surface area contributed by atoms with Crippen LogP contribution in [0.25, 0.3) is 0 Å². The van der Waals surface area contributed by atoms with Crippen LogP contribution in [-0.2, 0) is 0 Å². The van der Waals surface area contributed by atoms with Gasteiger partial charge in [0.2, 0.25) is 0 Å². The second-order valence-corrected chi connectivity index (χ2v) is 5.59. The standard InChI is InChI=1S/C15H19F3N2O/c1-9(2)20(8-11-4-3-5-19-11)15(21)14-12(17)6-10(16)7-13(14)18/h6-7,9,11,19H,3-5,8H2,1-2H3. The van der Waals surface area contributed by atoms with E-state index >= 15 is 0 Å². The molecule has 21 heavy (non-hydrogen) atoms. The average molecular weight is 300 g/mol. The lowest BCUT2D eigenvalue weighted by atomic mass is 10.1. The summed E-state index contributed by atoms with van der Waals surface area (Å²) in [5, 5.41) is 3.25. The van der Waals surface area contributed by atoms with Crippen LogP contribution in [-0.4, -0.2) is 36.0 Å². The van der Waals surface area contributed by atoms with Crippen LogP contribution in [0.2, 0.25) is 0 Å². The van der Waals surface area contributed by atoms with E-state index < -0.39 is 28.9 Å². The summed E-state index contributed by atoms with van der Waals surface area (Å²) >= 11 is 0. The summed E-state index contributed by atoms with van der Waals surface area (Å²) in [6, 6.07) is 0.984. The topological polar surface area (TPSA) is 32.3 Å².